The molecule has 0 aliphatic heterocycles. The van der Waals surface area contributed by atoms with Crippen LogP contribution in [0.25, 0.3) is 33.1 Å². The van der Waals surface area contributed by atoms with E-state index in [0.29, 0.717) is 17.8 Å². The van der Waals surface area contributed by atoms with Crippen molar-refractivity contribution in [2.45, 2.75) is 7.43 Å². The van der Waals surface area contributed by atoms with E-state index in [-0.39, 0.29) is 19.5 Å². The van der Waals surface area contributed by atoms with E-state index < -0.39 is 6.09 Å². The van der Waals surface area contributed by atoms with Crippen LogP contribution in [0.2, 0.25) is 0 Å². The van der Waals surface area contributed by atoms with Crippen molar-refractivity contribution in [2.75, 3.05) is 37.2 Å². The van der Waals surface area contributed by atoms with Crippen LogP contribution in [0.5, 0.6) is 0 Å². The molecule has 3 heterocycles. The molecule has 3 aromatic carbocycles. The van der Waals surface area contributed by atoms with Crippen LogP contribution in [0, 0.1) is 0 Å². The van der Waals surface area contributed by atoms with E-state index in [1.807, 2.05) is 72.8 Å². The molecule has 0 fully saturated rings. The number of nitrogens with one attached hydrogen (secondary N) is 8. The monoisotopic (exact) mass is 587 g/mol. The molecule has 3 aromatic heterocycles. The van der Waals surface area contributed by atoms with Crippen LogP contribution in [0.15, 0.2) is 72.8 Å². The molecule has 0 aliphatic carbocycles. The lowest BCUT2D eigenvalue weighted by Crippen LogP contribution is -2.24. The fraction of sp³-hybridized carbons (Fsp3) is 0.143. The maximum atomic E-state index is 11.0. The van der Waals surface area contributed by atoms with Gasteiger partial charge >= 0.3 is 18.2 Å². The number of aromatic amines is 3. The van der Waals surface area contributed by atoms with Gasteiger partial charge in [0.05, 0.1) is 40.2 Å². The number of aromatic nitrogens is 6. The maximum absolute atomic E-state index is 11.0. The van der Waals surface area contributed by atoms with Gasteiger partial charge in [-0.15, -0.1) is 0 Å². The number of urea groups is 2. The predicted molar refractivity (Wildman–Crippen MR) is 167 cm³/mol. The molecule has 0 radical (unpaired) electrons. The number of benzene rings is 3. The Morgan fingerprint density at radius 1 is 0.581 bits per heavy atom. The first kappa shape index (κ1) is 31.4. The third-order valence-electron chi connectivity index (χ3n) is 5.49. The number of hydrogen-bond donors (Lipinski definition) is 8. The van der Waals surface area contributed by atoms with Gasteiger partial charge < -0.3 is 30.3 Å². The normalized spacial score (nSPS) is 9.84. The molecule has 0 unspecified atom stereocenters. The van der Waals surface area contributed by atoms with Gasteiger partial charge in [0.25, 0.3) is 0 Å². The first-order chi connectivity index (χ1) is 20.4. The zero-order valence-electron chi connectivity index (χ0n) is 22.9. The van der Waals surface area contributed by atoms with E-state index in [9.17, 15) is 14.4 Å². The average molecular weight is 588 g/mol. The van der Waals surface area contributed by atoms with Crippen molar-refractivity contribution in [1.29, 1.82) is 0 Å². The highest BCUT2D eigenvalue weighted by Crippen LogP contribution is 2.14. The zero-order valence-corrected chi connectivity index (χ0v) is 22.9. The fourth-order valence-electron chi connectivity index (χ4n) is 3.52. The first-order valence-corrected chi connectivity index (χ1v) is 12.5. The number of methoxy groups -OCH3 is 1. The number of anilines is 3. The lowest BCUT2D eigenvalue weighted by Gasteiger charge is -1.97. The number of para-hydroxylation sites is 6. The summed E-state index contributed by atoms with van der Waals surface area (Å²) in [6.45, 7) is 0. The van der Waals surface area contributed by atoms with Gasteiger partial charge in [0, 0.05) is 14.1 Å². The average Bonchev–Trinajstić information content (AvgIpc) is 3.72. The molecular weight excluding hydrogens is 554 g/mol. The smallest absolute Gasteiger partial charge is 0.413 e. The highest BCUT2D eigenvalue weighted by atomic mass is 16.5. The van der Waals surface area contributed by atoms with E-state index in [1.165, 1.54) is 7.11 Å². The number of ether oxygens (including phenoxy) is 1. The minimum Gasteiger partial charge on any atom is -0.453 e. The Balaban J connectivity index is 0.000000175. The summed E-state index contributed by atoms with van der Waals surface area (Å²) in [7, 11) is 4.41. The summed E-state index contributed by atoms with van der Waals surface area (Å²) in [6.07, 6.45) is -0.538. The number of imidazole rings is 3. The van der Waals surface area contributed by atoms with Crippen LogP contribution < -0.4 is 26.6 Å². The largest absolute Gasteiger partial charge is 0.453 e. The third-order valence-corrected chi connectivity index (χ3v) is 5.49. The molecule has 0 atom stereocenters. The Morgan fingerprint density at radius 3 is 1.21 bits per heavy atom. The second-order valence-electron chi connectivity index (χ2n) is 8.33. The quantitative estimate of drug-likeness (QED) is 0.142. The Hall–Kier alpha value is -6.12. The van der Waals surface area contributed by atoms with Crippen molar-refractivity contribution in [3.05, 3.63) is 72.8 Å². The highest BCUT2D eigenvalue weighted by molar-refractivity contribution is 5.90. The summed E-state index contributed by atoms with van der Waals surface area (Å²) in [5.41, 5.74) is 5.15. The summed E-state index contributed by atoms with van der Waals surface area (Å²) >= 11 is 0. The molecule has 6 rings (SSSR count). The third kappa shape index (κ3) is 8.68. The number of carbonyl (C=O) groups is 3. The van der Waals surface area contributed by atoms with Crippen LogP contribution in [0.1, 0.15) is 7.43 Å². The topological polar surface area (TPSA) is 207 Å². The van der Waals surface area contributed by atoms with Gasteiger partial charge in [0.2, 0.25) is 17.8 Å². The molecule has 0 bridgehead atoms. The lowest BCUT2D eigenvalue weighted by molar-refractivity contribution is 0.186. The van der Waals surface area contributed by atoms with E-state index in [0.717, 1.165) is 33.1 Å². The molecule has 43 heavy (non-hydrogen) atoms. The SMILES string of the molecule is C.CNC(=O)Nc1nc2ccccc2[nH]1.CNC(=O)Nc1nc2ccccc2[nH]1.COC(=O)Nc1nc2ccccc2[nH]1. The summed E-state index contributed by atoms with van der Waals surface area (Å²) in [6, 6.07) is 22.1. The van der Waals surface area contributed by atoms with Gasteiger partial charge in [-0.25, -0.2) is 29.3 Å². The second-order valence-corrected chi connectivity index (χ2v) is 8.33. The summed E-state index contributed by atoms with van der Waals surface area (Å²) < 4.78 is 4.44. The molecule has 224 valence electrons. The number of carbonyl (C=O) groups excluding carboxylic acids is 3. The van der Waals surface area contributed by atoms with Crippen molar-refractivity contribution >= 4 is 69.1 Å². The standard InChI is InChI=1S/2C9H10N4O.C9H9N3O2.CH4/c2*1-10-9(14)13-8-11-6-4-2-3-5-7(6)12-8;1-14-9(13)12-8-10-6-4-2-3-5-7(6)11-8;/h2*2-5H,1H3,(H3,10,11,12,13,14);2-5H,1H3,(H2,10,11,12,13);1H4. The fourth-order valence-corrected chi connectivity index (χ4v) is 3.52. The molecule has 0 aliphatic rings. The number of fused-ring (bicyclic) bond motifs is 3. The molecule has 5 amide bonds. The van der Waals surface area contributed by atoms with E-state index in [2.05, 4.69) is 61.2 Å². The Labute approximate surface area is 246 Å². The van der Waals surface area contributed by atoms with Crippen molar-refractivity contribution < 1.29 is 19.1 Å². The van der Waals surface area contributed by atoms with Gasteiger partial charge in [0.1, 0.15) is 0 Å². The maximum Gasteiger partial charge on any atom is 0.413 e. The summed E-state index contributed by atoms with van der Waals surface area (Å²) in [5, 5.41) is 12.5. The number of amides is 5. The molecule has 6 aromatic rings. The van der Waals surface area contributed by atoms with E-state index in [1.54, 1.807) is 14.1 Å². The predicted octanol–water partition coefficient (Wildman–Crippen LogP) is 5.01. The van der Waals surface area contributed by atoms with Crippen LogP contribution in [0.4, 0.5) is 32.2 Å². The van der Waals surface area contributed by atoms with Crippen molar-refractivity contribution in [1.82, 2.24) is 40.5 Å². The molecule has 15 heteroatoms. The first-order valence-electron chi connectivity index (χ1n) is 12.5. The van der Waals surface area contributed by atoms with Gasteiger partial charge in [-0.2, -0.15) is 0 Å². The van der Waals surface area contributed by atoms with Crippen LogP contribution in [-0.4, -0.2) is 69.3 Å². The summed E-state index contributed by atoms with van der Waals surface area (Å²) in [4.78, 5) is 54.2. The van der Waals surface area contributed by atoms with Crippen molar-refractivity contribution in [3.63, 3.8) is 0 Å². The summed E-state index contributed by atoms with van der Waals surface area (Å²) in [5.74, 6) is 1.29. The molecule has 0 spiro atoms. The number of hydrogen-bond acceptors (Lipinski definition) is 7. The van der Waals surface area contributed by atoms with Crippen molar-refractivity contribution in [3.8, 4) is 0 Å². The van der Waals surface area contributed by atoms with Crippen LogP contribution in [0.3, 0.4) is 0 Å². The van der Waals surface area contributed by atoms with Crippen LogP contribution >= 0.6 is 0 Å². The van der Waals surface area contributed by atoms with Crippen molar-refractivity contribution in [2.24, 2.45) is 0 Å². The van der Waals surface area contributed by atoms with Crippen LogP contribution in [-0.2, 0) is 4.74 Å². The van der Waals surface area contributed by atoms with E-state index in [4.69, 9.17) is 0 Å². The number of H-pyrrole nitrogens is 3. The zero-order chi connectivity index (χ0) is 29.9. The van der Waals surface area contributed by atoms with Gasteiger partial charge in [-0.3, -0.25) is 16.0 Å². The highest BCUT2D eigenvalue weighted by Gasteiger charge is 2.06. The number of rotatable bonds is 3. The molecule has 8 N–H and O–H groups in total. The Kier molecular flexibility index (Phi) is 11.0. The number of nitrogens with zero attached hydrogens (tertiary/aromatic N) is 3. The lowest BCUT2D eigenvalue weighted by atomic mass is 10.3. The van der Waals surface area contributed by atoms with Gasteiger partial charge in [0.15, 0.2) is 0 Å². The second kappa shape index (κ2) is 15.0. The Morgan fingerprint density at radius 2 is 0.907 bits per heavy atom. The molecule has 0 saturated carbocycles. The molecule has 15 nitrogen and oxygen atoms in total. The van der Waals surface area contributed by atoms with E-state index >= 15 is 0 Å². The minimum absolute atomic E-state index is 0. The molecule has 0 saturated heterocycles. The van der Waals surface area contributed by atoms with Gasteiger partial charge in [-0.05, 0) is 36.4 Å². The van der Waals surface area contributed by atoms with Gasteiger partial charge in [-0.1, -0.05) is 43.8 Å². The molecular formula is C28H33N11O4. The Bertz CT molecular complexity index is 1500. The minimum atomic E-state index is -0.538.